The molecule has 0 unspecified atom stereocenters. The first-order valence-corrected chi connectivity index (χ1v) is 8.20. The van der Waals surface area contributed by atoms with Gasteiger partial charge in [0.1, 0.15) is 18.1 Å². The number of aliphatic hydroxyl groups is 2. The first-order valence-electron chi connectivity index (χ1n) is 8.20. The molecule has 0 fully saturated rings. The third kappa shape index (κ3) is 5.87. The molecular weight excluding hydrogens is 304 g/mol. The van der Waals surface area contributed by atoms with Crippen molar-refractivity contribution in [2.24, 2.45) is 0 Å². The highest BCUT2D eigenvalue weighted by Gasteiger charge is 2.22. The lowest BCUT2D eigenvalue weighted by atomic mass is 9.78. The van der Waals surface area contributed by atoms with Gasteiger partial charge in [0.2, 0.25) is 0 Å². The Morgan fingerprint density at radius 3 is 1.71 bits per heavy atom. The maximum Gasteiger partial charge on any atom is 0.119 e. The van der Waals surface area contributed by atoms with Crippen LogP contribution in [0, 0.1) is 0 Å². The van der Waals surface area contributed by atoms with Gasteiger partial charge in [-0.05, 0) is 41.8 Å². The van der Waals surface area contributed by atoms with Crippen molar-refractivity contribution in [3.8, 4) is 11.5 Å². The molecule has 3 N–H and O–H groups in total. The van der Waals surface area contributed by atoms with Gasteiger partial charge in [-0.3, -0.25) is 0 Å². The number of aromatic hydroxyl groups is 1. The molecule has 0 aromatic heterocycles. The van der Waals surface area contributed by atoms with Crippen molar-refractivity contribution in [2.75, 3.05) is 19.8 Å². The van der Waals surface area contributed by atoms with Crippen LogP contribution < -0.4 is 4.74 Å². The Morgan fingerprint density at radius 1 is 0.833 bits per heavy atom. The van der Waals surface area contributed by atoms with Crippen LogP contribution in [0.2, 0.25) is 0 Å². The molecule has 0 aliphatic heterocycles. The zero-order chi connectivity index (χ0) is 18.0. The summed E-state index contributed by atoms with van der Waals surface area (Å²) in [5.74, 6) is 1.03. The highest BCUT2D eigenvalue weighted by molar-refractivity contribution is 5.41. The molecule has 0 saturated heterocycles. The molecule has 0 aliphatic rings. The SMILES string of the molecule is CC(C)(c1ccc(O)cc1)c1ccc(OCCO)cc1.CCCO. The number of aliphatic hydroxyl groups excluding tert-OH is 2. The summed E-state index contributed by atoms with van der Waals surface area (Å²) >= 11 is 0. The number of benzene rings is 2. The van der Waals surface area contributed by atoms with E-state index >= 15 is 0 Å². The van der Waals surface area contributed by atoms with Gasteiger partial charge < -0.3 is 20.1 Å². The summed E-state index contributed by atoms with van der Waals surface area (Å²) in [5.41, 5.74) is 2.15. The van der Waals surface area contributed by atoms with Crippen LogP contribution in [0.1, 0.15) is 38.3 Å². The van der Waals surface area contributed by atoms with E-state index in [1.807, 2.05) is 43.3 Å². The van der Waals surface area contributed by atoms with E-state index in [0.29, 0.717) is 13.2 Å². The Balaban J connectivity index is 0.000000648. The standard InChI is InChI=1S/C17H20O3.C3H8O/c1-17(2,13-3-7-15(19)8-4-13)14-5-9-16(10-6-14)20-12-11-18;1-2-3-4/h3-10,18-19H,11-12H2,1-2H3;4H,2-3H2,1H3. The van der Waals surface area contributed by atoms with Crippen molar-refractivity contribution in [1.82, 2.24) is 0 Å². The van der Waals surface area contributed by atoms with E-state index in [2.05, 4.69) is 13.8 Å². The van der Waals surface area contributed by atoms with Crippen molar-refractivity contribution >= 4 is 0 Å². The lowest BCUT2D eigenvalue weighted by molar-refractivity contribution is 0.201. The Labute approximate surface area is 144 Å². The topological polar surface area (TPSA) is 69.9 Å². The van der Waals surface area contributed by atoms with E-state index in [4.69, 9.17) is 14.9 Å². The van der Waals surface area contributed by atoms with Crippen molar-refractivity contribution in [2.45, 2.75) is 32.6 Å². The van der Waals surface area contributed by atoms with Crippen LogP contribution in [0.25, 0.3) is 0 Å². The minimum atomic E-state index is -0.150. The largest absolute Gasteiger partial charge is 0.508 e. The highest BCUT2D eigenvalue weighted by Crippen LogP contribution is 2.33. The first kappa shape index (κ1) is 20.0. The predicted molar refractivity (Wildman–Crippen MR) is 96.6 cm³/mol. The lowest BCUT2D eigenvalue weighted by Gasteiger charge is -2.26. The van der Waals surface area contributed by atoms with Crippen molar-refractivity contribution in [1.29, 1.82) is 0 Å². The van der Waals surface area contributed by atoms with Crippen LogP contribution in [-0.4, -0.2) is 35.1 Å². The summed E-state index contributed by atoms with van der Waals surface area (Å²) in [7, 11) is 0. The van der Waals surface area contributed by atoms with Crippen molar-refractivity contribution in [3.05, 3.63) is 59.7 Å². The van der Waals surface area contributed by atoms with E-state index < -0.39 is 0 Å². The third-order valence-electron chi connectivity index (χ3n) is 3.75. The number of hydrogen-bond donors (Lipinski definition) is 3. The monoisotopic (exact) mass is 332 g/mol. The van der Waals surface area contributed by atoms with Gasteiger partial charge >= 0.3 is 0 Å². The molecule has 2 aromatic rings. The van der Waals surface area contributed by atoms with Gasteiger partial charge in [-0.25, -0.2) is 0 Å². The molecule has 0 saturated carbocycles. The van der Waals surface area contributed by atoms with Crippen LogP contribution >= 0.6 is 0 Å². The second kappa shape index (κ2) is 9.96. The average molecular weight is 332 g/mol. The maximum atomic E-state index is 9.37. The normalized spacial score (nSPS) is 10.7. The van der Waals surface area contributed by atoms with Gasteiger partial charge in [-0.2, -0.15) is 0 Å². The Morgan fingerprint density at radius 2 is 1.29 bits per heavy atom. The van der Waals surface area contributed by atoms with Gasteiger partial charge in [-0.15, -0.1) is 0 Å². The molecule has 132 valence electrons. The van der Waals surface area contributed by atoms with Gasteiger partial charge in [-0.1, -0.05) is 45.0 Å². The summed E-state index contributed by atoms with van der Waals surface area (Å²) in [6.07, 6.45) is 0.875. The second-order valence-electron chi connectivity index (χ2n) is 5.99. The molecular formula is C20H28O4. The van der Waals surface area contributed by atoms with E-state index in [9.17, 15) is 5.11 Å². The lowest BCUT2D eigenvalue weighted by Crippen LogP contribution is -2.18. The number of ether oxygens (including phenoxy) is 1. The highest BCUT2D eigenvalue weighted by atomic mass is 16.5. The van der Waals surface area contributed by atoms with Gasteiger partial charge in [0.15, 0.2) is 0 Å². The summed E-state index contributed by atoms with van der Waals surface area (Å²) in [5, 5.41) is 26.0. The third-order valence-corrected chi connectivity index (χ3v) is 3.75. The molecule has 0 spiro atoms. The maximum absolute atomic E-state index is 9.37. The molecule has 0 amide bonds. The molecule has 2 aromatic carbocycles. The molecule has 0 aliphatic carbocycles. The fourth-order valence-electron chi connectivity index (χ4n) is 2.18. The Bertz CT molecular complexity index is 572. The van der Waals surface area contributed by atoms with Crippen molar-refractivity contribution in [3.63, 3.8) is 0 Å². The van der Waals surface area contributed by atoms with Gasteiger partial charge in [0.05, 0.1) is 6.61 Å². The number of rotatable bonds is 6. The zero-order valence-corrected chi connectivity index (χ0v) is 14.7. The zero-order valence-electron chi connectivity index (χ0n) is 14.7. The second-order valence-corrected chi connectivity index (χ2v) is 5.99. The molecule has 24 heavy (non-hydrogen) atoms. The van der Waals surface area contributed by atoms with E-state index in [0.717, 1.165) is 17.7 Å². The molecule has 2 rings (SSSR count). The van der Waals surface area contributed by atoms with Gasteiger partial charge in [0, 0.05) is 12.0 Å². The number of hydrogen-bond acceptors (Lipinski definition) is 4. The quantitative estimate of drug-likeness (QED) is 0.757. The molecule has 0 bridgehead atoms. The summed E-state index contributed by atoms with van der Waals surface area (Å²) in [4.78, 5) is 0. The summed E-state index contributed by atoms with van der Waals surface area (Å²) < 4.78 is 5.36. The fourth-order valence-corrected chi connectivity index (χ4v) is 2.18. The molecule has 4 nitrogen and oxygen atoms in total. The molecule has 4 heteroatoms. The fraction of sp³-hybridized carbons (Fsp3) is 0.400. The molecule has 0 heterocycles. The number of phenolic OH excluding ortho intramolecular Hbond substituents is 1. The molecule has 0 atom stereocenters. The molecule has 0 radical (unpaired) electrons. The first-order chi connectivity index (χ1) is 11.5. The smallest absolute Gasteiger partial charge is 0.119 e. The van der Waals surface area contributed by atoms with Crippen molar-refractivity contribution < 1.29 is 20.1 Å². The minimum absolute atomic E-state index is 0.0146. The predicted octanol–water partition coefficient (Wildman–Crippen LogP) is 3.48. The van der Waals surface area contributed by atoms with E-state index in [1.165, 1.54) is 5.56 Å². The van der Waals surface area contributed by atoms with Crippen LogP contribution in [0.3, 0.4) is 0 Å². The minimum Gasteiger partial charge on any atom is -0.508 e. The van der Waals surface area contributed by atoms with Gasteiger partial charge in [0.25, 0.3) is 0 Å². The number of phenols is 1. The summed E-state index contributed by atoms with van der Waals surface area (Å²) in [6.45, 7) is 6.85. The summed E-state index contributed by atoms with van der Waals surface area (Å²) in [6, 6.07) is 15.2. The van der Waals surface area contributed by atoms with Crippen LogP contribution in [0.4, 0.5) is 0 Å². The van der Waals surface area contributed by atoms with Crippen LogP contribution in [0.5, 0.6) is 11.5 Å². The van der Waals surface area contributed by atoms with E-state index in [1.54, 1.807) is 12.1 Å². The van der Waals surface area contributed by atoms with Crippen LogP contribution in [0.15, 0.2) is 48.5 Å². The Hall–Kier alpha value is -2.04. The average Bonchev–Trinajstić information content (AvgIpc) is 2.61. The van der Waals surface area contributed by atoms with Crippen LogP contribution in [-0.2, 0) is 5.41 Å². The van der Waals surface area contributed by atoms with E-state index in [-0.39, 0.29) is 17.8 Å². The Kier molecular flexibility index (Phi) is 8.30.